The minimum absolute atomic E-state index is 0.0133. The fourth-order valence-corrected chi connectivity index (χ4v) is 4.48. The quantitative estimate of drug-likeness (QED) is 0.578. The molecule has 1 fully saturated rings. The highest BCUT2D eigenvalue weighted by Crippen LogP contribution is 2.40. The minimum atomic E-state index is -0.612. The fraction of sp³-hybridized carbons (Fsp3) is 0.480. The minimum Gasteiger partial charge on any atom is -0.484 e. The van der Waals surface area contributed by atoms with Crippen molar-refractivity contribution in [1.82, 2.24) is 15.6 Å². The van der Waals surface area contributed by atoms with Crippen LogP contribution < -0.4 is 20.1 Å². The van der Waals surface area contributed by atoms with Gasteiger partial charge in [-0.3, -0.25) is 14.6 Å². The monoisotopic (exact) mass is 491 g/mol. The summed E-state index contributed by atoms with van der Waals surface area (Å²) in [6.45, 7) is 9.67. The lowest BCUT2D eigenvalue weighted by Gasteiger charge is -2.53. The topological polar surface area (TPSA) is 89.5 Å². The lowest BCUT2D eigenvalue weighted by Crippen LogP contribution is -2.69. The number of aromatic nitrogens is 1. The normalized spacial score (nSPS) is 21.9. The molecule has 2 amide bonds. The third-order valence-electron chi connectivity index (χ3n) is 5.58. The van der Waals surface area contributed by atoms with Crippen molar-refractivity contribution in [1.29, 1.82) is 0 Å². The Balaban J connectivity index is 1.41. The Morgan fingerprint density at radius 3 is 2.00 bits per heavy atom. The van der Waals surface area contributed by atoms with Gasteiger partial charge in [0, 0.05) is 28.3 Å². The molecule has 2 N–H and O–H groups in total. The third-order valence-corrected chi connectivity index (χ3v) is 5.89. The van der Waals surface area contributed by atoms with Crippen molar-refractivity contribution in [2.24, 2.45) is 0 Å². The van der Waals surface area contributed by atoms with E-state index in [9.17, 15) is 14.0 Å². The number of rotatable bonds is 8. The van der Waals surface area contributed by atoms with Gasteiger partial charge in [-0.1, -0.05) is 32.4 Å². The lowest BCUT2D eigenvalue weighted by atomic mass is 9.64. The van der Waals surface area contributed by atoms with Crippen LogP contribution in [-0.2, 0) is 15.0 Å². The van der Waals surface area contributed by atoms with Gasteiger partial charge in [-0.15, -0.1) is 0 Å². The highest BCUT2D eigenvalue weighted by molar-refractivity contribution is 6.30. The summed E-state index contributed by atoms with van der Waals surface area (Å²) >= 11 is 5.64. The molecule has 3 rings (SSSR count). The van der Waals surface area contributed by atoms with Crippen molar-refractivity contribution in [3.8, 4) is 11.5 Å². The SMILES string of the molecule is CC1(NC(=O)COc2ccc(C(C)(C)C)nc2)CC(C)(NC(=O)COc2ccc(Cl)c(F)c2)C1. The first-order chi connectivity index (χ1) is 15.8. The van der Waals surface area contributed by atoms with Gasteiger partial charge in [-0.2, -0.15) is 0 Å². The summed E-state index contributed by atoms with van der Waals surface area (Å²) in [5, 5.41) is 5.88. The van der Waals surface area contributed by atoms with Crippen LogP contribution in [0.4, 0.5) is 4.39 Å². The van der Waals surface area contributed by atoms with Gasteiger partial charge in [0.15, 0.2) is 13.2 Å². The highest BCUT2D eigenvalue weighted by Gasteiger charge is 2.50. The van der Waals surface area contributed by atoms with E-state index in [1.54, 1.807) is 12.3 Å². The molecular weight excluding hydrogens is 461 g/mol. The molecule has 184 valence electrons. The summed E-state index contributed by atoms with van der Waals surface area (Å²) in [4.78, 5) is 29.1. The molecule has 0 radical (unpaired) electrons. The Hall–Kier alpha value is -2.87. The smallest absolute Gasteiger partial charge is 0.258 e. The average Bonchev–Trinajstić information content (AvgIpc) is 2.71. The number of nitrogens with one attached hydrogen (secondary N) is 2. The molecule has 0 bridgehead atoms. The van der Waals surface area contributed by atoms with E-state index in [1.807, 2.05) is 19.9 Å². The number of ether oxygens (including phenoxy) is 2. The summed E-state index contributed by atoms with van der Waals surface area (Å²) in [5.41, 5.74) is -0.0621. The second kappa shape index (κ2) is 9.78. The first-order valence-corrected chi connectivity index (χ1v) is 11.4. The number of benzene rings is 1. The summed E-state index contributed by atoms with van der Waals surface area (Å²) in [7, 11) is 0. The number of hydrogen-bond acceptors (Lipinski definition) is 5. The van der Waals surface area contributed by atoms with Crippen LogP contribution in [-0.4, -0.2) is 41.1 Å². The largest absolute Gasteiger partial charge is 0.484 e. The van der Waals surface area contributed by atoms with E-state index in [0.29, 0.717) is 18.6 Å². The predicted octanol–water partition coefficient (Wildman–Crippen LogP) is 4.17. The van der Waals surface area contributed by atoms with Crippen molar-refractivity contribution in [2.75, 3.05) is 13.2 Å². The van der Waals surface area contributed by atoms with Crippen LogP contribution >= 0.6 is 11.6 Å². The van der Waals surface area contributed by atoms with Gasteiger partial charge in [-0.25, -0.2) is 4.39 Å². The molecule has 7 nitrogen and oxygen atoms in total. The van der Waals surface area contributed by atoms with Crippen LogP contribution in [0.2, 0.25) is 5.02 Å². The lowest BCUT2D eigenvalue weighted by molar-refractivity contribution is -0.129. The summed E-state index contributed by atoms with van der Waals surface area (Å²) in [5.74, 6) is -0.445. The van der Waals surface area contributed by atoms with Gasteiger partial charge in [0.1, 0.15) is 17.3 Å². The average molecular weight is 492 g/mol. The number of halogens is 2. The molecule has 34 heavy (non-hydrogen) atoms. The highest BCUT2D eigenvalue weighted by atomic mass is 35.5. The second-order valence-electron chi connectivity index (χ2n) is 10.4. The van der Waals surface area contributed by atoms with Crippen LogP contribution in [0, 0.1) is 5.82 Å². The maximum Gasteiger partial charge on any atom is 0.258 e. The predicted molar refractivity (Wildman–Crippen MR) is 128 cm³/mol. The Labute approximate surface area is 204 Å². The number of pyridine rings is 1. The van der Waals surface area contributed by atoms with Gasteiger partial charge in [0.2, 0.25) is 0 Å². The molecule has 1 aromatic carbocycles. The number of carbonyl (C=O) groups excluding carboxylic acids is 2. The molecule has 1 heterocycles. The molecule has 1 aromatic heterocycles. The van der Waals surface area contributed by atoms with E-state index in [1.165, 1.54) is 12.1 Å². The molecule has 9 heteroatoms. The van der Waals surface area contributed by atoms with Crippen LogP contribution in [0.3, 0.4) is 0 Å². The van der Waals surface area contributed by atoms with E-state index in [4.69, 9.17) is 21.1 Å². The molecular formula is C25H31ClFN3O4. The van der Waals surface area contributed by atoms with Gasteiger partial charge in [0.05, 0.1) is 11.2 Å². The molecule has 1 saturated carbocycles. The van der Waals surface area contributed by atoms with E-state index < -0.39 is 16.9 Å². The Bertz CT molecular complexity index is 1050. The molecule has 1 aliphatic rings. The first kappa shape index (κ1) is 25.7. The van der Waals surface area contributed by atoms with Crippen molar-refractivity contribution >= 4 is 23.4 Å². The summed E-state index contributed by atoms with van der Waals surface area (Å²) < 4.78 is 24.4. The zero-order valence-electron chi connectivity index (χ0n) is 20.1. The Morgan fingerprint density at radius 1 is 1.00 bits per heavy atom. The fourth-order valence-electron chi connectivity index (χ4n) is 4.37. The molecule has 0 aliphatic heterocycles. The number of carbonyl (C=O) groups is 2. The van der Waals surface area contributed by atoms with Crippen LogP contribution in [0.5, 0.6) is 11.5 Å². The molecule has 1 aliphatic carbocycles. The van der Waals surface area contributed by atoms with E-state index in [2.05, 4.69) is 36.4 Å². The van der Waals surface area contributed by atoms with Gasteiger partial charge < -0.3 is 20.1 Å². The van der Waals surface area contributed by atoms with E-state index in [-0.39, 0.29) is 41.2 Å². The summed E-state index contributed by atoms with van der Waals surface area (Å²) in [6, 6.07) is 7.69. The second-order valence-corrected chi connectivity index (χ2v) is 10.8. The third kappa shape index (κ3) is 6.82. The molecule has 0 spiro atoms. The zero-order chi connectivity index (χ0) is 25.1. The zero-order valence-corrected chi connectivity index (χ0v) is 20.9. The maximum absolute atomic E-state index is 13.5. The Kier molecular flexibility index (Phi) is 7.41. The molecule has 0 atom stereocenters. The van der Waals surface area contributed by atoms with Crippen molar-refractivity contribution in [2.45, 2.75) is 64.0 Å². The molecule has 0 unspecified atom stereocenters. The van der Waals surface area contributed by atoms with Gasteiger partial charge in [-0.05, 0) is 51.0 Å². The van der Waals surface area contributed by atoms with Crippen LogP contribution in [0.25, 0.3) is 0 Å². The molecule has 0 saturated heterocycles. The Morgan fingerprint density at radius 2 is 1.53 bits per heavy atom. The summed E-state index contributed by atoms with van der Waals surface area (Å²) in [6.07, 6.45) is 2.72. The van der Waals surface area contributed by atoms with Crippen molar-refractivity contribution in [3.63, 3.8) is 0 Å². The maximum atomic E-state index is 13.5. The standard InChI is InChI=1S/C25H31ClFN3O4/c1-23(2,3)20-9-7-17(11-28-20)34-13-22(32)30-25(5)14-24(4,15-25)29-21(31)12-33-16-6-8-18(26)19(27)10-16/h6-11H,12-15H2,1-5H3,(H,29,31)(H,30,32). The van der Waals surface area contributed by atoms with Crippen LogP contribution in [0.15, 0.2) is 36.5 Å². The number of amides is 2. The van der Waals surface area contributed by atoms with Gasteiger partial charge >= 0.3 is 0 Å². The van der Waals surface area contributed by atoms with Crippen molar-refractivity contribution < 1.29 is 23.5 Å². The number of hydrogen-bond donors (Lipinski definition) is 2. The number of nitrogens with zero attached hydrogens (tertiary/aromatic N) is 1. The van der Waals surface area contributed by atoms with E-state index in [0.717, 1.165) is 11.8 Å². The van der Waals surface area contributed by atoms with Gasteiger partial charge in [0.25, 0.3) is 11.8 Å². The van der Waals surface area contributed by atoms with E-state index >= 15 is 0 Å². The van der Waals surface area contributed by atoms with Crippen molar-refractivity contribution in [3.05, 3.63) is 53.1 Å². The van der Waals surface area contributed by atoms with Crippen LogP contribution in [0.1, 0.15) is 53.2 Å². The first-order valence-electron chi connectivity index (χ1n) is 11.1. The molecule has 2 aromatic rings.